The van der Waals surface area contributed by atoms with Gasteiger partial charge in [-0.1, -0.05) is 327 Å². The van der Waals surface area contributed by atoms with Crippen molar-refractivity contribution in [3.63, 3.8) is 0 Å². The second kappa shape index (κ2) is 28.2. The lowest BCUT2D eigenvalue weighted by Crippen LogP contribution is -2.18. The van der Waals surface area contributed by atoms with Gasteiger partial charge in [0.05, 0.1) is 11.4 Å². The molecule has 4 fully saturated rings. The number of rotatable bonds is 12. The summed E-state index contributed by atoms with van der Waals surface area (Å²) in [5.41, 5.74) is 41.3. The lowest BCUT2D eigenvalue weighted by molar-refractivity contribution is 0.404. The maximum Gasteiger partial charge on any atom is 0.0543 e. The molecular weight excluding hydrogens is 1330 g/mol. The second-order valence-corrected chi connectivity index (χ2v) is 36.3. The second-order valence-electron chi connectivity index (χ2n) is 36.3. The van der Waals surface area contributed by atoms with E-state index in [0.29, 0.717) is 11.8 Å². The fourth-order valence-electron chi connectivity index (χ4n) is 22.6. The van der Waals surface area contributed by atoms with Gasteiger partial charge in [-0.15, -0.1) is 0 Å². The molecule has 0 spiro atoms. The van der Waals surface area contributed by atoms with Crippen molar-refractivity contribution in [1.29, 1.82) is 0 Å². The Morgan fingerprint density at radius 1 is 0.227 bits per heavy atom. The molecule has 8 aliphatic rings. The summed E-state index contributed by atoms with van der Waals surface area (Å²) in [6, 6.07) is 98.4. The minimum atomic E-state index is -0.0828. The number of anilines is 6. The smallest absolute Gasteiger partial charge is 0.0543 e. The highest BCUT2D eigenvalue weighted by Gasteiger charge is 2.43. The molecule has 0 heterocycles. The van der Waals surface area contributed by atoms with Crippen LogP contribution in [-0.2, 0) is 21.7 Å². The predicted molar refractivity (Wildman–Crippen MR) is 467 cm³/mol. The van der Waals surface area contributed by atoms with Crippen LogP contribution < -0.4 is 9.80 Å². The highest BCUT2D eigenvalue weighted by atomic mass is 15.2. The molecule has 110 heavy (non-hydrogen) atoms. The number of benzene rings is 12. The summed E-state index contributed by atoms with van der Waals surface area (Å²) in [5.74, 6) is 2.90. The highest BCUT2D eigenvalue weighted by molar-refractivity contribution is 5.98. The van der Waals surface area contributed by atoms with Crippen LogP contribution in [0.4, 0.5) is 34.1 Å². The molecule has 2 heteroatoms. The van der Waals surface area contributed by atoms with Gasteiger partial charge in [-0.2, -0.15) is 0 Å². The molecule has 0 amide bonds. The Hall–Kier alpha value is -9.76. The SMILES string of the molecule is CC1(C)c2ccccc2-c2ccc(N(c3ccc(-c4cc(C5CCCCC5)c(C5CCCCC5)c(C5CCCCC5)c4)cc3)c3cccc4c3-c3ccccc3C4(C)C)cc21.CC1(C)c2ccccc2-c2ccc(N(c3ccc(-c4ccc(C5CCCCC5)cc4)cc3)c3cccc4c3-c3ccccc3C4(C)C)cc21. The van der Waals surface area contributed by atoms with Crippen LogP contribution >= 0.6 is 0 Å². The first kappa shape index (κ1) is 70.6. The van der Waals surface area contributed by atoms with Crippen LogP contribution in [0.15, 0.2) is 255 Å². The van der Waals surface area contributed by atoms with E-state index in [2.05, 4.69) is 320 Å². The molecule has 0 atom stereocenters. The summed E-state index contributed by atoms with van der Waals surface area (Å²) in [6.45, 7) is 19.1. The largest absolute Gasteiger partial charge is 0.310 e. The van der Waals surface area contributed by atoms with Crippen molar-refractivity contribution in [3.05, 3.63) is 322 Å². The maximum absolute atomic E-state index is 2.71. The molecule has 0 radical (unpaired) electrons. The van der Waals surface area contributed by atoms with Crippen molar-refractivity contribution in [2.75, 3.05) is 9.80 Å². The van der Waals surface area contributed by atoms with Crippen LogP contribution in [0.3, 0.4) is 0 Å². The van der Waals surface area contributed by atoms with Gasteiger partial charge in [-0.25, -0.2) is 0 Å². The van der Waals surface area contributed by atoms with E-state index in [9.17, 15) is 0 Å². The summed E-state index contributed by atoms with van der Waals surface area (Å²) in [6.07, 6.45) is 27.6. The van der Waals surface area contributed by atoms with Crippen LogP contribution in [0.2, 0.25) is 0 Å². The summed E-state index contributed by atoms with van der Waals surface area (Å²) >= 11 is 0. The third-order valence-electron chi connectivity index (χ3n) is 28.6. The minimum Gasteiger partial charge on any atom is -0.310 e. The summed E-state index contributed by atoms with van der Waals surface area (Å²) in [5, 5.41) is 0. The van der Waals surface area contributed by atoms with Gasteiger partial charge in [0.25, 0.3) is 0 Å². The fourth-order valence-corrected chi connectivity index (χ4v) is 22.6. The third-order valence-corrected chi connectivity index (χ3v) is 28.6. The zero-order valence-electron chi connectivity index (χ0n) is 66.6. The predicted octanol–water partition coefficient (Wildman–Crippen LogP) is 31.1. The number of hydrogen-bond acceptors (Lipinski definition) is 2. The van der Waals surface area contributed by atoms with Gasteiger partial charge in [0.15, 0.2) is 0 Å². The molecule has 4 saturated carbocycles. The molecule has 552 valence electrons. The number of hydrogen-bond donors (Lipinski definition) is 0. The van der Waals surface area contributed by atoms with Crippen molar-refractivity contribution in [2.24, 2.45) is 0 Å². The van der Waals surface area contributed by atoms with E-state index < -0.39 is 0 Å². The van der Waals surface area contributed by atoms with Crippen molar-refractivity contribution in [1.82, 2.24) is 0 Å². The Balaban J connectivity index is 0.000000153. The van der Waals surface area contributed by atoms with E-state index in [-0.39, 0.29) is 21.7 Å². The summed E-state index contributed by atoms with van der Waals surface area (Å²) in [4.78, 5) is 5.08. The van der Waals surface area contributed by atoms with Crippen LogP contribution in [0.1, 0.15) is 274 Å². The molecular formula is C108H110N2. The molecule has 0 N–H and O–H groups in total. The molecule has 12 aromatic rings. The van der Waals surface area contributed by atoms with Gasteiger partial charge in [0, 0.05) is 55.5 Å². The molecule has 2 nitrogen and oxygen atoms in total. The van der Waals surface area contributed by atoms with Crippen LogP contribution in [0.5, 0.6) is 0 Å². The van der Waals surface area contributed by atoms with Gasteiger partial charge >= 0.3 is 0 Å². The molecule has 0 unspecified atom stereocenters. The third kappa shape index (κ3) is 12.0. The van der Waals surface area contributed by atoms with E-state index in [1.165, 1.54) is 279 Å². The van der Waals surface area contributed by atoms with E-state index in [1.807, 2.05) is 5.56 Å². The Labute approximate surface area is 657 Å². The van der Waals surface area contributed by atoms with Gasteiger partial charge in [-0.3, -0.25) is 0 Å². The van der Waals surface area contributed by atoms with Crippen LogP contribution in [-0.4, -0.2) is 0 Å². The average molecular weight is 1440 g/mol. The quantitative estimate of drug-likeness (QED) is 0.120. The zero-order valence-corrected chi connectivity index (χ0v) is 66.6. The van der Waals surface area contributed by atoms with Gasteiger partial charge in [0.1, 0.15) is 0 Å². The first-order valence-electron chi connectivity index (χ1n) is 42.7. The van der Waals surface area contributed by atoms with Crippen LogP contribution in [0, 0.1) is 0 Å². The first-order valence-corrected chi connectivity index (χ1v) is 42.7. The minimum absolute atomic E-state index is 0.0666. The summed E-state index contributed by atoms with van der Waals surface area (Å²) < 4.78 is 0. The van der Waals surface area contributed by atoms with Gasteiger partial charge in [-0.05, 0) is 258 Å². The van der Waals surface area contributed by atoms with Crippen molar-refractivity contribution in [3.8, 4) is 66.8 Å². The maximum atomic E-state index is 2.71. The van der Waals surface area contributed by atoms with E-state index in [4.69, 9.17) is 0 Å². The Kier molecular flexibility index (Phi) is 18.1. The highest BCUT2D eigenvalue weighted by Crippen LogP contribution is 2.60. The lowest BCUT2D eigenvalue weighted by atomic mass is 9.70. The fraction of sp³-hybridized carbons (Fsp3) is 0.333. The van der Waals surface area contributed by atoms with Gasteiger partial charge in [0.2, 0.25) is 0 Å². The van der Waals surface area contributed by atoms with E-state index in [1.54, 1.807) is 11.1 Å². The first-order chi connectivity index (χ1) is 53.6. The van der Waals surface area contributed by atoms with Crippen molar-refractivity contribution < 1.29 is 0 Å². The number of fused-ring (bicyclic) bond motifs is 12. The monoisotopic (exact) mass is 1430 g/mol. The van der Waals surface area contributed by atoms with E-state index >= 15 is 0 Å². The average Bonchev–Trinajstić information content (AvgIpc) is 1.56. The molecule has 0 aromatic heterocycles. The van der Waals surface area contributed by atoms with Crippen molar-refractivity contribution in [2.45, 2.75) is 229 Å². The Morgan fingerprint density at radius 3 is 0.927 bits per heavy atom. The Bertz CT molecular complexity index is 5420. The Morgan fingerprint density at radius 2 is 0.527 bits per heavy atom. The van der Waals surface area contributed by atoms with Gasteiger partial charge < -0.3 is 9.80 Å². The standard InChI is InChI=1S/C60H65N.C48H45N/c1-59(2)53-28-17-15-26-49(53)58-54(59)29-18-30-56(58)61(46-35-36-48-47-25-14-16-27-52(47)60(3,4)55(48)39-46)45-33-31-40(32-34-45)44-37-50(41-19-8-5-9-20-41)57(43-23-12-7-13-24-43)51(38-44)42-21-10-6-11-22-42;1-47(2)42-18-11-9-16-40(42)46-43(47)19-12-20-45(46)49(37-29-30-39-38-15-8-10-17-41(38)48(3,4)44(39)31-37)36-27-25-35(26-28-36)34-23-21-33(22-24-34)32-13-6-5-7-14-32/h14-18,25-39,41-43H,5-13,19-24H2,1-4H3;8-12,15-32H,5-7,13-14H2,1-4H3. The molecule has 20 rings (SSSR count). The molecule has 8 aliphatic carbocycles. The molecule has 0 aliphatic heterocycles. The zero-order chi connectivity index (χ0) is 74.6. The van der Waals surface area contributed by atoms with E-state index in [0.717, 1.165) is 11.8 Å². The molecule has 0 bridgehead atoms. The van der Waals surface area contributed by atoms with Crippen LogP contribution in [0.25, 0.3) is 66.8 Å². The molecule has 12 aromatic carbocycles. The number of nitrogens with zero attached hydrogens (tertiary/aromatic N) is 2. The topological polar surface area (TPSA) is 6.48 Å². The summed E-state index contributed by atoms with van der Waals surface area (Å²) in [7, 11) is 0. The van der Waals surface area contributed by atoms with Crippen molar-refractivity contribution >= 4 is 34.1 Å². The molecule has 0 saturated heterocycles. The normalized spacial score (nSPS) is 18.3. The lowest BCUT2D eigenvalue weighted by Gasteiger charge is -2.35.